The standard InChI is InChI=1S/C25H20ClN3OS2/c1-15-7-6-9-18(13-15)29-23(30)22(32-25(29)27-19-10-5-4-8-16(19)2)24-28(3)20-14-17(26)11-12-21(20)31-24/h4-14H,1-3H3/b24-22-,27-25?. The van der Waals surface area contributed by atoms with E-state index in [4.69, 9.17) is 16.6 Å². The van der Waals surface area contributed by atoms with Crippen LogP contribution in [0.1, 0.15) is 11.1 Å². The van der Waals surface area contributed by atoms with Crippen LogP contribution in [-0.2, 0) is 4.79 Å². The van der Waals surface area contributed by atoms with E-state index in [9.17, 15) is 4.79 Å². The number of hydrogen-bond acceptors (Lipinski definition) is 5. The van der Waals surface area contributed by atoms with Crippen molar-refractivity contribution in [3.05, 3.63) is 92.8 Å². The van der Waals surface area contributed by atoms with Crippen molar-refractivity contribution in [3.63, 3.8) is 0 Å². The van der Waals surface area contributed by atoms with E-state index in [1.165, 1.54) is 11.8 Å². The van der Waals surface area contributed by atoms with E-state index in [0.717, 1.165) is 38.1 Å². The number of hydrogen-bond donors (Lipinski definition) is 0. The number of para-hydroxylation sites is 1. The lowest BCUT2D eigenvalue weighted by atomic mass is 10.2. The summed E-state index contributed by atoms with van der Waals surface area (Å²) in [6, 6.07) is 21.7. The highest BCUT2D eigenvalue weighted by atomic mass is 35.5. The van der Waals surface area contributed by atoms with Gasteiger partial charge in [0.15, 0.2) is 5.17 Å². The molecule has 0 N–H and O–H groups in total. The molecule has 5 rings (SSSR count). The molecule has 1 saturated heterocycles. The van der Waals surface area contributed by atoms with Crippen LogP contribution in [0.25, 0.3) is 0 Å². The van der Waals surface area contributed by atoms with E-state index in [-0.39, 0.29) is 5.91 Å². The Kier molecular flexibility index (Phi) is 5.53. The van der Waals surface area contributed by atoms with E-state index < -0.39 is 0 Å². The van der Waals surface area contributed by atoms with Gasteiger partial charge in [-0.1, -0.05) is 53.7 Å². The molecule has 0 aliphatic carbocycles. The van der Waals surface area contributed by atoms with Crippen LogP contribution >= 0.6 is 35.1 Å². The minimum absolute atomic E-state index is 0.0683. The van der Waals surface area contributed by atoms with Crippen LogP contribution in [0.2, 0.25) is 5.02 Å². The number of anilines is 2. The van der Waals surface area contributed by atoms with Crippen LogP contribution in [0.4, 0.5) is 17.1 Å². The average Bonchev–Trinajstić information content (AvgIpc) is 3.26. The molecule has 3 aromatic carbocycles. The fourth-order valence-corrected chi connectivity index (χ4v) is 6.17. The summed E-state index contributed by atoms with van der Waals surface area (Å²) in [5.41, 5.74) is 4.83. The quantitative estimate of drug-likeness (QED) is 0.367. The third-order valence-electron chi connectivity index (χ3n) is 5.36. The molecule has 0 spiro atoms. The van der Waals surface area contributed by atoms with E-state index in [1.54, 1.807) is 16.7 Å². The second-order valence-electron chi connectivity index (χ2n) is 7.67. The first kappa shape index (κ1) is 21.2. The number of nitrogens with zero attached hydrogens (tertiary/aromatic N) is 3. The number of benzene rings is 3. The predicted octanol–water partition coefficient (Wildman–Crippen LogP) is 7.14. The molecule has 160 valence electrons. The Morgan fingerprint density at radius 3 is 2.53 bits per heavy atom. The summed E-state index contributed by atoms with van der Waals surface area (Å²) in [5, 5.41) is 2.22. The van der Waals surface area contributed by atoms with Gasteiger partial charge in [-0.05, 0) is 73.1 Å². The van der Waals surface area contributed by atoms with Gasteiger partial charge in [-0.25, -0.2) is 4.99 Å². The second-order valence-corrected chi connectivity index (χ2v) is 10.1. The van der Waals surface area contributed by atoms with Crippen LogP contribution in [0.5, 0.6) is 0 Å². The van der Waals surface area contributed by atoms with Crippen LogP contribution in [0, 0.1) is 13.8 Å². The van der Waals surface area contributed by atoms with E-state index in [0.29, 0.717) is 15.1 Å². The lowest BCUT2D eigenvalue weighted by Crippen LogP contribution is -2.29. The largest absolute Gasteiger partial charge is 0.337 e. The summed E-state index contributed by atoms with van der Waals surface area (Å²) in [4.78, 5) is 24.2. The maximum atomic E-state index is 13.8. The third-order valence-corrected chi connectivity index (χ3v) is 7.99. The Hall–Kier alpha value is -2.67. The highest BCUT2D eigenvalue weighted by molar-refractivity contribution is 8.20. The molecule has 1 amide bonds. The number of aryl methyl sites for hydroxylation is 2. The molecular weight excluding hydrogens is 458 g/mol. The zero-order valence-electron chi connectivity index (χ0n) is 17.8. The maximum Gasteiger partial charge on any atom is 0.274 e. The topological polar surface area (TPSA) is 35.9 Å². The molecule has 4 nitrogen and oxygen atoms in total. The molecule has 2 heterocycles. The van der Waals surface area contributed by atoms with Crippen molar-refractivity contribution in [2.45, 2.75) is 18.7 Å². The van der Waals surface area contributed by atoms with Crippen molar-refractivity contribution in [1.29, 1.82) is 0 Å². The third kappa shape index (κ3) is 3.72. The Morgan fingerprint density at radius 2 is 1.75 bits per heavy atom. The number of carbonyl (C=O) groups excluding carboxylic acids is 1. The van der Waals surface area contributed by atoms with Crippen LogP contribution in [0.15, 0.2) is 86.6 Å². The van der Waals surface area contributed by atoms with Gasteiger partial charge in [0.05, 0.1) is 22.1 Å². The van der Waals surface area contributed by atoms with Crippen molar-refractivity contribution >= 4 is 63.3 Å². The lowest BCUT2D eigenvalue weighted by Gasteiger charge is -2.17. The summed E-state index contributed by atoms with van der Waals surface area (Å²) >= 11 is 9.23. The first-order valence-electron chi connectivity index (χ1n) is 10.1. The number of fused-ring (bicyclic) bond motifs is 1. The minimum atomic E-state index is -0.0683. The Bertz CT molecular complexity index is 1320. The second kappa shape index (κ2) is 8.35. The van der Waals surface area contributed by atoms with Gasteiger partial charge in [0, 0.05) is 17.0 Å². The summed E-state index contributed by atoms with van der Waals surface area (Å²) in [5.74, 6) is -0.0683. The SMILES string of the molecule is Cc1cccc(N2C(=O)/C(=C3/Sc4ccc(Cl)cc4N3C)SC2=Nc2ccccc2C)c1. The molecule has 0 aromatic heterocycles. The highest BCUT2D eigenvalue weighted by Gasteiger charge is 2.40. The molecule has 0 unspecified atom stereocenters. The monoisotopic (exact) mass is 477 g/mol. The Balaban J connectivity index is 1.64. The fourth-order valence-electron chi connectivity index (χ4n) is 3.68. The normalized spacial score (nSPS) is 19.2. The number of thioether (sulfide) groups is 2. The molecule has 0 saturated carbocycles. The molecule has 0 bridgehead atoms. The van der Waals surface area contributed by atoms with Gasteiger partial charge < -0.3 is 4.90 Å². The summed E-state index contributed by atoms with van der Waals surface area (Å²) < 4.78 is 0. The molecular formula is C25H20ClN3OS2. The molecule has 2 aliphatic heterocycles. The Labute approximate surface area is 201 Å². The van der Waals surface area contributed by atoms with Crippen molar-refractivity contribution in [3.8, 4) is 0 Å². The number of rotatable bonds is 2. The maximum absolute atomic E-state index is 13.8. The highest BCUT2D eigenvalue weighted by Crippen LogP contribution is 2.51. The van der Waals surface area contributed by atoms with Gasteiger partial charge in [0.25, 0.3) is 5.91 Å². The van der Waals surface area contributed by atoms with Gasteiger partial charge in [0.1, 0.15) is 4.91 Å². The minimum Gasteiger partial charge on any atom is -0.337 e. The number of amidine groups is 1. The fraction of sp³-hybridized carbons (Fsp3) is 0.120. The van der Waals surface area contributed by atoms with Crippen LogP contribution in [0.3, 0.4) is 0 Å². The van der Waals surface area contributed by atoms with Gasteiger partial charge in [-0.15, -0.1) is 0 Å². The van der Waals surface area contributed by atoms with Gasteiger partial charge >= 0.3 is 0 Å². The molecule has 7 heteroatoms. The van der Waals surface area contributed by atoms with Crippen molar-refractivity contribution in [2.75, 3.05) is 16.8 Å². The predicted molar refractivity (Wildman–Crippen MR) is 137 cm³/mol. The van der Waals surface area contributed by atoms with Crippen molar-refractivity contribution in [1.82, 2.24) is 0 Å². The number of aliphatic imine (C=N–C) groups is 1. The van der Waals surface area contributed by atoms with Crippen LogP contribution < -0.4 is 9.80 Å². The summed E-state index contributed by atoms with van der Waals surface area (Å²) in [7, 11) is 1.97. The molecule has 3 aromatic rings. The zero-order chi connectivity index (χ0) is 22.4. The molecule has 0 atom stereocenters. The molecule has 0 radical (unpaired) electrons. The smallest absolute Gasteiger partial charge is 0.274 e. The number of amides is 1. The van der Waals surface area contributed by atoms with E-state index >= 15 is 0 Å². The average molecular weight is 478 g/mol. The first-order valence-corrected chi connectivity index (χ1v) is 12.1. The van der Waals surface area contributed by atoms with Crippen molar-refractivity contribution in [2.24, 2.45) is 4.99 Å². The lowest BCUT2D eigenvalue weighted by molar-refractivity contribution is -0.113. The van der Waals surface area contributed by atoms with Gasteiger partial charge in [-0.3, -0.25) is 9.69 Å². The number of carbonyl (C=O) groups is 1. The number of halogens is 1. The summed E-state index contributed by atoms with van der Waals surface area (Å²) in [6.45, 7) is 4.05. The van der Waals surface area contributed by atoms with Gasteiger partial charge in [-0.2, -0.15) is 0 Å². The van der Waals surface area contributed by atoms with Crippen molar-refractivity contribution < 1.29 is 4.79 Å². The zero-order valence-corrected chi connectivity index (χ0v) is 20.2. The van der Waals surface area contributed by atoms with E-state index in [2.05, 4.69) is 0 Å². The van der Waals surface area contributed by atoms with Crippen LogP contribution in [-0.4, -0.2) is 18.1 Å². The molecule has 32 heavy (non-hydrogen) atoms. The van der Waals surface area contributed by atoms with E-state index in [1.807, 2.05) is 92.5 Å². The molecule has 2 aliphatic rings. The summed E-state index contributed by atoms with van der Waals surface area (Å²) in [6.07, 6.45) is 0. The molecule has 1 fully saturated rings. The first-order chi connectivity index (χ1) is 15.4. The Morgan fingerprint density at radius 1 is 0.938 bits per heavy atom. The van der Waals surface area contributed by atoms with Gasteiger partial charge in [0.2, 0.25) is 0 Å².